The van der Waals surface area contributed by atoms with Crippen molar-refractivity contribution in [2.24, 2.45) is 5.41 Å². The molecule has 0 spiro atoms. The van der Waals surface area contributed by atoms with Crippen LogP contribution in [0.1, 0.15) is 46.9 Å². The Morgan fingerprint density at radius 3 is 3.13 bits per heavy atom. The van der Waals surface area contributed by atoms with Gasteiger partial charge in [0.15, 0.2) is 11.9 Å². The van der Waals surface area contributed by atoms with Crippen molar-refractivity contribution in [2.75, 3.05) is 0 Å². The molecule has 0 bridgehead atoms. The molecule has 23 heavy (non-hydrogen) atoms. The number of nitrogens with zero attached hydrogens (tertiary/aromatic N) is 5. The predicted octanol–water partition coefficient (Wildman–Crippen LogP) is 0.932. The van der Waals surface area contributed by atoms with Gasteiger partial charge in [-0.15, -0.1) is 0 Å². The highest BCUT2D eigenvalue weighted by Crippen LogP contribution is 2.57. The number of aromatic carboxylic acids is 1. The smallest absolute Gasteiger partial charge is 0.356 e. The molecule has 2 heterocycles. The van der Waals surface area contributed by atoms with E-state index in [1.165, 1.54) is 23.3 Å². The third-order valence-electron chi connectivity index (χ3n) is 4.93. The maximum atomic E-state index is 11.5. The van der Waals surface area contributed by atoms with Crippen molar-refractivity contribution < 1.29 is 14.6 Å². The summed E-state index contributed by atoms with van der Waals surface area (Å²) in [6.07, 6.45) is 6.74. The number of aromatic nitrogens is 4. The van der Waals surface area contributed by atoms with Crippen LogP contribution in [0.15, 0.2) is 18.6 Å². The maximum absolute atomic E-state index is 11.5. The standard InChI is InChI=1S/C15H13N5O3/c16-8-15-3-1-2-10(15)13-9(6-15)12(14(21)22)18-20(13)11-7-19(23)5-4-17-11/h4-5,7,10H,1-3,6H2,(H,21,22). The molecule has 0 aromatic carbocycles. The number of carboxylic acid groups (broad SMARTS) is 1. The predicted molar refractivity (Wildman–Crippen MR) is 75.6 cm³/mol. The molecule has 2 atom stereocenters. The van der Waals surface area contributed by atoms with Crippen LogP contribution in [0.5, 0.6) is 0 Å². The van der Waals surface area contributed by atoms with Gasteiger partial charge in [-0.2, -0.15) is 15.1 Å². The van der Waals surface area contributed by atoms with Crippen LogP contribution in [-0.4, -0.2) is 25.8 Å². The largest absolute Gasteiger partial charge is 0.619 e. The van der Waals surface area contributed by atoms with Gasteiger partial charge in [-0.05, 0) is 19.3 Å². The highest BCUT2D eigenvalue weighted by molar-refractivity contribution is 5.88. The van der Waals surface area contributed by atoms with Crippen molar-refractivity contribution in [3.8, 4) is 11.9 Å². The molecule has 8 heteroatoms. The minimum Gasteiger partial charge on any atom is -0.619 e. The van der Waals surface area contributed by atoms with E-state index < -0.39 is 11.4 Å². The number of hydrogen-bond donors (Lipinski definition) is 1. The van der Waals surface area contributed by atoms with E-state index >= 15 is 0 Å². The first-order chi connectivity index (χ1) is 11.1. The van der Waals surface area contributed by atoms with E-state index in [0.717, 1.165) is 25.0 Å². The van der Waals surface area contributed by atoms with E-state index in [-0.39, 0.29) is 17.4 Å². The van der Waals surface area contributed by atoms with Crippen LogP contribution >= 0.6 is 0 Å². The zero-order valence-electron chi connectivity index (χ0n) is 12.1. The molecule has 0 radical (unpaired) electrons. The summed E-state index contributed by atoms with van der Waals surface area (Å²) in [6, 6.07) is 2.41. The SMILES string of the molecule is N#CC12CCCC1c1c(c(C(=O)O)nn1-c1c[n+]([O-])ccn1)C2. The third kappa shape index (κ3) is 1.76. The Balaban J connectivity index is 1.96. The zero-order valence-corrected chi connectivity index (χ0v) is 12.1. The Labute approximate surface area is 131 Å². The number of carboxylic acids is 1. The van der Waals surface area contributed by atoms with Gasteiger partial charge in [-0.1, -0.05) is 6.42 Å². The summed E-state index contributed by atoms with van der Waals surface area (Å²) in [6.45, 7) is 0. The first-order valence-corrected chi connectivity index (χ1v) is 7.37. The highest BCUT2D eigenvalue weighted by Gasteiger charge is 2.53. The number of rotatable bonds is 2. The molecule has 2 aliphatic rings. The Bertz CT molecular complexity index is 868. The molecule has 2 aromatic heterocycles. The molecule has 0 amide bonds. The second kappa shape index (κ2) is 4.52. The van der Waals surface area contributed by atoms with Crippen molar-refractivity contribution in [3.05, 3.63) is 40.7 Å². The molecule has 2 aromatic rings. The monoisotopic (exact) mass is 311 g/mol. The molecule has 2 aliphatic carbocycles. The van der Waals surface area contributed by atoms with Crippen molar-refractivity contribution in [2.45, 2.75) is 31.6 Å². The fourth-order valence-electron chi connectivity index (χ4n) is 3.99. The molecule has 8 nitrogen and oxygen atoms in total. The number of carbonyl (C=O) groups is 1. The van der Waals surface area contributed by atoms with Gasteiger partial charge in [0.2, 0.25) is 12.0 Å². The van der Waals surface area contributed by atoms with Gasteiger partial charge >= 0.3 is 5.97 Å². The van der Waals surface area contributed by atoms with E-state index in [4.69, 9.17) is 0 Å². The fourth-order valence-corrected chi connectivity index (χ4v) is 3.99. The van der Waals surface area contributed by atoms with E-state index in [9.17, 15) is 20.4 Å². The summed E-state index contributed by atoms with van der Waals surface area (Å²) in [5, 5.41) is 34.8. The highest BCUT2D eigenvalue weighted by atomic mass is 16.5. The Kier molecular flexibility index (Phi) is 2.69. The summed E-state index contributed by atoms with van der Waals surface area (Å²) in [4.78, 5) is 15.7. The molecule has 1 saturated carbocycles. The summed E-state index contributed by atoms with van der Waals surface area (Å²) in [5.74, 6) is -0.920. The molecule has 4 rings (SSSR count). The van der Waals surface area contributed by atoms with Crippen molar-refractivity contribution >= 4 is 5.97 Å². The van der Waals surface area contributed by atoms with Crippen LogP contribution in [0.25, 0.3) is 5.82 Å². The first-order valence-electron chi connectivity index (χ1n) is 7.37. The lowest BCUT2D eigenvalue weighted by Crippen LogP contribution is -2.27. The maximum Gasteiger partial charge on any atom is 0.356 e. The van der Waals surface area contributed by atoms with Gasteiger partial charge in [0, 0.05) is 11.5 Å². The minimum atomic E-state index is -1.13. The first kappa shape index (κ1) is 13.7. The van der Waals surface area contributed by atoms with Crippen molar-refractivity contribution in [1.82, 2.24) is 14.8 Å². The van der Waals surface area contributed by atoms with Crippen molar-refractivity contribution in [3.63, 3.8) is 0 Å². The zero-order chi connectivity index (χ0) is 16.2. The Morgan fingerprint density at radius 2 is 2.43 bits per heavy atom. The van der Waals surface area contributed by atoms with Crippen LogP contribution in [0.2, 0.25) is 0 Å². The normalized spacial score (nSPS) is 24.9. The van der Waals surface area contributed by atoms with E-state index in [1.807, 2.05) is 0 Å². The molecule has 1 N–H and O–H groups in total. The lowest BCUT2D eigenvalue weighted by atomic mass is 9.81. The molecule has 0 aliphatic heterocycles. The van der Waals surface area contributed by atoms with Gasteiger partial charge in [-0.25, -0.2) is 14.5 Å². The fraction of sp³-hybridized carbons (Fsp3) is 0.400. The van der Waals surface area contributed by atoms with Crippen LogP contribution < -0.4 is 4.73 Å². The van der Waals surface area contributed by atoms with Gasteiger partial charge in [-0.3, -0.25) is 0 Å². The van der Waals surface area contributed by atoms with Gasteiger partial charge in [0.25, 0.3) is 0 Å². The van der Waals surface area contributed by atoms with Gasteiger partial charge < -0.3 is 10.3 Å². The quantitative estimate of drug-likeness (QED) is 0.651. The molecule has 116 valence electrons. The van der Waals surface area contributed by atoms with E-state index in [0.29, 0.717) is 16.7 Å². The second-order valence-corrected chi connectivity index (χ2v) is 6.09. The second-order valence-electron chi connectivity index (χ2n) is 6.09. The summed E-state index contributed by atoms with van der Waals surface area (Å²) >= 11 is 0. The van der Waals surface area contributed by atoms with Crippen molar-refractivity contribution in [1.29, 1.82) is 5.26 Å². The lowest BCUT2D eigenvalue weighted by Gasteiger charge is -2.21. The Morgan fingerprint density at radius 1 is 1.61 bits per heavy atom. The van der Waals surface area contributed by atoms with Crippen LogP contribution in [0, 0.1) is 22.0 Å². The minimum absolute atomic E-state index is 0.0490. The average molecular weight is 311 g/mol. The van der Waals surface area contributed by atoms with Gasteiger partial charge in [0.1, 0.15) is 0 Å². The molecular weight excluding hydrogens is 298 g/mol. The third-order valence-corrected chi connectivity index (χ3v) is 4.93. The number of hydrogen-bond acceptors (Lipinski definition) is 5. The average Bonchev–Trinajstić information content (AvgIpc) is 3.15. The van der Waals surface area contributed by atoms with E-state index in [2.05, 4.69) is 16.2 Å². The van der Waals surface area contributed by atoms with Gasteiger partial charge in [0.05, 0.1) is 23.4 Å². The number of nitriles is 1. The van der Waals surface area contributed by atoms with Crippen LogP contribution in [0.4, 0.5) is 0 Å². The molecule has 1 fully saturated rings. The summed E-state index contributed by atoms with van der Waals surface area (Å²) in [7, 11) is 0. The summed E-state index contributed by atoms with van der Waals surface area (Å²) < 4.78 is 2.03. The molecule has 0 saturated heterocycles. The van der Waals surface area contributed by atoms with E-state index in [1.54, 1.807) is 0 Å². The molecular formula is C15H13N5O3. The van der Waals surface area contributed by atoms with Crippen LogP contribution in [-0.2, 0) is 6.42 Å². The Hall–Kier alpha value is -2.95. The van der Waals surface area contributed by atoms with Crippen LogP contribution in [0.3, 0.4) is 0 Å². The topological polar surface area (TPSA) is 119 Å². The lowest BCUT2D eigenvalue weighted by molar-refractivity contribution is -0.605. The number of fused-ring (bicyclic) bond motifs is 3. The molecule has 2 unspecified atom stereocenters. The summed E-state index contributed by atoms with van der Waals surface area (Å²) in [5.41, 5.74) is 0.723.